The van der Waals surface area contributed by atoms with E-state index in [9.17, 15) is 9.00 Å². The number of hydrogen-bond acceptors (Lipinski definition) is 4. The highest BCUT2D eigenvalue weighted by atomic mass is 32.2. The second kappa shape index (κ2) is 6.98. The molecule has 1 heterocycles. The van der Waals surface area contributed by atoms with Gasteiger partial charge in [0.15, 0.2) is 0 Å². The van der Waals surface area contributed by atoms with Crippen LogP contribution in [-0.2, 0) is 15.6 Å². The van der Waals surface area contributed by atoms with E-state index < -0.39 is 23.5 Å². The van der Waals surface area contributed by atoms with Crippen molar-refractivity contribution in [3.63, 3.8) is 0 Å². The maximum absolute atomic E-state index is 11.7. The van der Waals surface area contributed by atoms with Gasteiger partial charge in [0.25, 0.3) is 0 Å². The zero-order chi connectivity index (χ0) is 12.0. The predicted molar refractivity (Wildman–Crippen MR) is 61.4 cm³/mol. The zero-order valence-corrected chi connectivity index (χ0v) is 10.1. The van der Waals surface area contributed by atoms with Crippen LogP contribution < -0.4 is 0 Å². The van der Waals surface area contributed by atoms with E-state index in [1.807, 2.05) is 0 Å². The van der Waals surface area contributed by atoms with Crippen LogP contribution in [0.2, 0.25) is 0 Å². The average molecular weight is 249 g/mol. The summed E-state index contributed by atoms with van der Waals surface area (Å²) in [4.78, 5) is 13.4. The molecule has 1 saturated heterocycles. The van der Waals surface area contributed by atoms with Gasteiger partial charge in [0.2, 0.25) is 5.91 Å². The molecule has 0 aromatic heterocycles. The van der Waals surface area contributed by atoms with Crippen molar-refractivity contribution in [1.82, 2.24) is 4.90 Å². The van der Waals surface area contributed by atoms with Crippen LogP contribution in [0.3, 0.4) is 0 Å². The van der Waals surface area contributed by atoms with Crippen LogP contribution in [0, 0.1) is 0 Å². The Morgan fingerprint density at radius 3 is 2.50 bits per heavy atom. The lowest BCUT2D eigenvalue weighted by atomic mass is 10.1. The molecule has 1 aliphatic rings. The lowest BCUT2D eigenvalue weighted by Crippen LogP contribution is -2.39. The molecule has 94 valence electrons. The van der Waals surface area contributed by atoms with Crippen LogP contribution in [0.4, 0.5) is 0 Å². The molecule has 1 fully saturated rings. The van der Waals surface area contributed by atoms with Crippen LogP contribution in [-0.4, -0.2) is 62.5 Å². The first-order chi connectivity index (χ1) is 7.63. The monoisotopic (exact) mass is 249 g/mol. The molecular weight excluding hydrogens is 230 g/mol. The predicted octanol–water partition coefficient (Wildman–Crippen LogP) is -0.899. The van der Waals surface area contributed by atoms with E-state index in [0.717, 1.165) is 32.4 Å². The normalized spacial score (nSPS) is 20.5. The Morgan fingerprint density at radius 1 is 1.31 bits per heavy atom. The molecule has 5 nitrogen and oxygen atoms in total. The fourth-order valence-electron chi connectivity index (χ4n) is 1.70. The van der Waals surface area contributed by atoms with Crippen LogP contribution in [0.25, 0.3) is 0 Å². The van der Waals surface area contributed by atoms with Crippen LogP contribution in [0.15, 0.2) is 0 Å². The van der Waals surface area contributed by atoms with E-state index in [1.165, 1.54) is 0 Å². The van der Waals surface area contributed by atoms with Crippen molar-refractivity contribution in [2.24, 2.45) is 0 Å². The van der Waals surface area contributed by atoms with Crippen molar-refractivity contribution >= 4 is 16.7 Å². The molecular formula is C10H19NO4S. The lowest BCUT2D eigenvalue weighted by molar-refractivity contribution is -0.129. The number of carbonyl (C=O) groups excluding carboxylic acids is 1. The van der Waals surface area contributed by atoms with E-state index in [2.05, 4.69) is 0 Å². The molecule has 1 amide bonds. The van der Waals surface area contributed by atoms with E-state index in [1.54, 1.807) is 4.90 Å². The molecule has 0 aromatic rings. The van der Waals surface area contributed by atoms with Crippen LogP contribution >= 0.6 is 0 Å². The minimum absolute atomic E-state index is 0.0317. The quantitative estimate of drug-likeness (QED) is 0.662. The third kappa shape index (κ3) is 4.59. The third-order valence-corrected chi connectivity index (χ3v) is 3.91. The highest BCUT2D eigenvalue weighted by molar-refractivity contribution is 7.85. The van der Waals surface area contributed by atoms with Gasteiger partial charge in [0, 0.05) is 23.9 Å². The van der Waals surface area contributed by atoms with Gasteiger partial charge in [-0.2, -0.15) is 0 Å². The Bertz CT molecular complexity index is 253. The fraction of sp³-hybridized carbons (Fsp3) is 0.900. The number of nitrogens with zero attached hydrogens (tertiary/aromatic N) is 1. The minimum atomic E-state index is -1.38. The average Bonchev–Trinajstić information content (AvgIpc) is 2.29. The molecule has 0 bridgehead atoms. The number of aliphatic hydroxyl groups excluding tert-OH is 2. The van der Waals surface area contributed by atoms with Crippen molar-refractivity contribution in [2.45, 2.75) is 25.4 Å². The van der Waals surface area contributed by atoms with Gasteiger partial charge in [-0.15, -0.1) is 0 Å². The summed E-state index contributed by atoms with van der Waals surface area (Å²) < 4.78 is 11.5. The van der Waals surface area contributed by atoms with Crippen molar-refractivity contribution < 1.29 is 19.2 Å². The van der Waals surface area contributed by atoms with Gasteiger partial charge < -0.3 is 15.1 Å². The van der Waals surface area contributed by atoms with Crippen molar-refractivity contribution in [3.8, 4) is 0 Å². The molecule has 0 aliphatic carbocycles. The van der Waals surface area contributed by atoms with Gasteiger partial charge in [-0.1, -0.05) is 0 Å². The number of amides is 1. The summed E-state index contributed by atoms with van der Waals surface area (Å²) in [5.74, 6) is -0.184. The second-order valence-corrected chi connectivity index (χ2v) is 5.53. The summed E-state index contributed by atoms with van der Waals surface area (Å²) in [6.07, 6.45) is 2.18. The summed E-state index contributed by atoms with van der Waals surface area (Å²) in [6, 6.07) is 0. The number of rotatable bonds is 5. The minimum Gasteiger partial charge on any atom is -0.394 e. The SMILES string of the molecule is O=C(CS(=O)CC(O)CO)N1CCCCC1. The molecule has 1 rings (SSSR count). The van der Waals surface area contributed by atoms with E-state index >= 15 is 0 Å². The first-order valence-corrected chi connectivity index (χ1v) is 7.04. The molecule has 0 saturated carbocycles. The first kappa shape index (κ1) is 13.6. The van der Waals surface area contributed by atoms with Crippen molar-refractivity contribution in [3.05, 3.63) is 0 Å². The summed E-state index contributed by atoms with van der Waals surface area (Å²) in [5.41, 5.74) is 0. The number of hydrogen-bond donors (Lipinski definition) is 2. The van der Waals surface area contributed by atoms with Crippen molar-refractivity contribution in [2.75, 3.05) is 31.2 Å². The Balaban J connectivity index is 2.29. The van der Waals surface area contributed by atoms with Crippen molar-refractivity contribution in [1.29, 1.82) is 0 Å². The Hall–Kier alpha value is -0.460. The molecule has 2 unspecified atom stereocenters. The van der Waals surface area contributed by atoms with Gasteiger partial charge in [-0.25, -0.2) is 0 Å². The summed E-state index contributed by atoms with van der Waals surface area (Å²) in [5, 5.41) is 17.7. The van der Waals surface area contributed by atoms with Crippen LogP contribution in [0.1, 0.15) is 19.3 Å². The van der Waals surface area contributed by atoms with Crippen LogP contribution in [0.5, 0.6) is 0 Å². The van der Waals surface area contributed by atoms with E-state index in [-0.39, 0.29) is 17.4 Å². The van der Waals surface area contributed by atoms with E-state index in [0.29, 0.717) is 0 Å². The second-order valence-electron chi connectivity index (χ2n) is 4.03. The molecule has 6 heteroatoms. The standard InChI is InChI=1S/C10H19NO4S/c12-6-9(13)7-16(15)8-10(14)11-4-2-1-3-5-11/h9,12-13H,1-8H2. The van der Waals surface area contributed by atoms with Gasteiger partial charge in [-0.3, -0.25) is 9.00 Å². The third-order valence-electron chi connectivity index (χ3n) is 2.58. The molecule has 2 N–H and O–H groups in total. The summed E-state index contributed by atoms with van der Waals surface area (Å²) >= 11 is 0. The van der Waals surface area contributed by atoms with Gasteiger partial charge >= 0.3 is 0 Å². The number of piperidine rings is 1. The summed E-state index contributed by atoms with van der Waals surface area (Å²) in [6.45, 7) is 1.08. The number of aliphatic hydroxyl groups is 2. The molecule has 0 spiro atoms. The highest BCUT2D eigenvalue weighted by Crippen LogP contribution is 2.09. The lowest BCUT2D eigenvalue weighted by Gasteiger charge is -2.26. The molecule has 16 heavy (non-hydrogen) atoms. The summed E-state index contributed by atoms with van der Waals surface area (Å²) in [7, 11) is -1.38. The fourth-order valence-corrected chi connectivity index (χ4v) is 2.81. The highest BCUT2D eigenvalue weighted by Gasteiger charge is 2.19. The van der Waals surface area contributed by atoms with Gasteiger partial charge in [-0.05, 0) is 19.3 Å². The van der Waals surface area contributed by atoms with Gasteiger partial charge in [0.05, 0.1) is 18.5 Å². The smallest absolute Gasteiger partial charge is 0.235 e. The number of likely N-dealkylation sites (tertiary alicyclic amines) is 1. The first-order valence-electron chi connectivity index (χ1n) is 5.55. The molecule has 0 radical (unpaired) electrons. The maximum Gasteiger partial charge on any atom is 0.235 e. The molecule has 1 aliphatic heterocycles. The van der Waals surface area contributed by atoms with E-state index in [4.69, 9.17) is 10.2 Å². The number of carbonyl (C=O) groups is 1. The largest absolute Gasteiger partial charge is 0.394 e. The zero-order valence-electron chi connectivity index (χ0n) is 9.30. The Kier molecular flexibility index (Phi) is 5.94. The molecule has 2 atom stereocenters. The van der Waals surface area contributed by atoms with Gasteiger partial charge in [0.1, 0.15) is 5.75 Å². The Labute approximate surface area is 97.9 Å². The Morgan fingerprint density at radius 2 is 1.94 bits per heavy atom. The topological polar surface area (TPSA) is 77.8 Å². The maximum atomic E-state index is 11.7. The molecule has 0 aromatic carbocycles.